The predicted octanol–water partition coefficient (Wildman–Crippen LogP) is 2.90. The zero-order valence-corrected chi connectivity index (χ0v) is 12.5. The van der Waals surface area contributed by atoms with E-state index in [4.69, 9.17) is 4.74 Å². The lowest BCUT2D eigenvalue weighted by molar-refractivity contribution is -0.0918. The van der Waals surface area contributed by atoms with Crippen LogP contribution in [-0.4, -0.2) is 28.3 Å². The molecule has 1 fully saturated rings. The number of hydrogen-bond donors (Lipinski definition) is 1. The van der Waals surface area contributed by atoms with Crippen LogP contribution < -0.4 is 5.32 Å². The van der Waals surface area contributed by atoms with Gasteiger partial charge in [0.1, 0.15) is 5.82 Å². The van der Waals surface area contributed by atoms with Crippen molar-refractivity contribution >= 4 is 0 Å². The molecule has 19 heavy (non-hydrogen) atoms. The van der Waals surface area contributed by atoms with E-state index in [0.29, 0.717) is 0 Å². The molecule has 4 heteroatoms. The van der Waals surface area contributed by atoms with Crippen molar-refractivity contribution in [3.8, 4) is 0 Å². The highest BCUT2D eigenvalue weighted by Crippen LogP contribution is 2.36. The van der Waals surface area contributed by atoms with E-state index < -0.39 is 0 Å². The molecule has 0 aliphatic carbocycles. The van der Waals surface area contributed by atoms with Gasteiger partial charge < -0.3 is 14.6 Å². The molecule has 2 unspecified atom stereocenters. The maximum Gasteiger partial charge on any atom is 0.128 e. The number of ether oxygens (including phenoxy) is 1. The summed E-state index contributed by atoms with van der Waals surface area (Å²) in [5.41, 5.74) is -0.134. The molecule has 1 aromatic rings. The maximum absolute atomic E-state index is 6.12. The van der Waals surface area contributed by atoms with Gasteiger partial charge in [-0.1, -0.05) is 13.8 Å². The highest BCUT2D eigenvalue weighted by molar-refractivity contribution is 5.07. The third-order valence-electron chi connectivity index (χ3n) is 3.99. The van der Waals surface area contributed by atoms with Crippen molar-refractivity contribution in [2.45, 2.75) is 64.6 Å². The monoisotopic (exact) mass is 265 g/mol. The van der Waals surface area contributed by atoms with Crippen LogP contribution in [0.4, 0.5) is 0 Å². The van der Waals surface area contributed by atoms with Crippen LogP contribution in [0.2, 0.25) is 0 Å². The minimum atomic E-state index is -0.134. The summed E-state index contributed by atoms with van der Waals surface area (Å²) in [6, 6.07) is 0.180. The molecule has 1 saturated heterocycles. The molecular formula is C15H27N3O. The summed E-state index contributed by atoms with van der Waals surface area (Å²) in [6.45, 7) is 9.39. The second-order valence-electron chi connectivity index (χ2n) is 5.59. The van der Waals surface area contributed by atoms with E-state index >= 15 is 0 Å². The summed E-state index contributed by atoms with van der Waals surface area (Å²) < 4.78 is 8.38. The number of nitrogens with zero attached hydrogens (tertiary/aromatic N) is 2. The number of aryl methyl sites for hydroxylation is 1. The molecule has 0 amide bonds. The molecule has 0 bridgehead atoms. The fraction of sp³-hybridized carbons (Fsp3) is 0.800. The first-order valence-electron chi connectivity index (χ1n) is 7.59. The van der Waals surface area contributed by atoms with E-state index in [-0.39, 0.29) is 11.6 Å². The van der Waals surface area contributed by atoms with Crippen molar-refractivity contribution < 1.29 is 4.74 Å². The van der Waals surface area contributed by atoms with Crippen LogP contribution in [-0.2, 0) is 11.3 Å². The Morgan fingerprint density at radius 1 is 1.47 bits per heavy atom. The Balaban J connectivity index is 2.25. The first-order valence-corrected chi connectivity index (χ1v) is 7.59. The lowest BCUT2D eigenvalue weighted by Crippen LogP contribution is -2.47. The molecule has 1 aromatic heterocycles. The second kappa shape index (κ2) is 6.53. The number of hydrogen-bond acceptors (Lipinski definition) is 3. The van der Waals surface area contributed by atoms with Gasteiger partial charge in [-0.3, -0.25) is 0 Å². The quantitative estimate of drug-likeness (QED) is 0.859. The van der Waals surface area contributed by atoms with Crippen LogP contribution in [0.3, 0.4) is 0 Å². The fourth-order valence-electron chi connectivity index (χ4n) is 2.98. The molecule has 2 rings (SSSR count). The molecule has 0 spiro atoms. The first-order chi connectivity index (χ1) is 9.21. The van der Waals surface area contributed by atoms with Crippen molar-refractivity contribution in [2.24, 2.45) is 0 Å². The smallest absolute Gasteiger partial charge is 0.128 e. The molecule has 0 radical (unpaired) electrons. The van der Waals surface area contributed by atoms with Crippen molar-refractivity contribution in [3.05, 3.63) is 18.2 Å². The Labute approximate surface area is 116 Å². The predicted molar refractivity (Wildman–Crippen MR) is 77.1 cm³/mol. The normalized spacial score (nSPS) is 25.4. The van der Waals surface area contributed by atoms with Crippen molar-refractivity contribution in [3.63, 3.8) is 0 Å². The van der Waals surface area contributed by atoms with Gasteiger partial charge in [0, 0.05) is 25.5 Å². The molecular weight excluding hydrogens is 238 g/mol. The minimum Gasteiger partial charge on any atom is -0.373 e. The van der Waals surface area contributed by atoms with E-state index in [2.05, 4.69) is 41.8 Å². The molecule has 1 aliphatic heterocycles. The molecule has 2 heterocycles. The fourth-order valence-corrected chi connectivity index (χ4v) is 2.98. The molecule has 4 nitrogen and oxygen atoms in total. The van der Waals surface area contributed by atoms with Gasteiger partial charge in [-0.25, -0.2) is 4.98 Å². The summed E-state index contributed by atoms with van der Waals surface area (Å²) in [4.78, 5) is 4.59. The van der Waals surface area contributed by atoms with Gasteiger partial charge in [-0.2, -0.15) is 0 Å². The lowest BCUT2D eigenvalue weighted by atomic mass is 9.87. The summed E-state index contributed by atoms with van der Waals surface area (Å²) in [7, 11) is 0. The molecule has 1 N–H and O–H groups in total. The Morgan fingerprint density at radius 2 is 2.32 bits per heavy atom. The molecule has 108 valence electrons. The van der Waals surface area contributed by atoms with Crippen molar-refractivity contribution in [1.82, 2.24) is 14.9 Å². The largest absolute Gasteiger partial charge is 0.373 e. The highest BCUT2D eigenvalue weighted by Gasteiger charge is 2.39. The zero-order valence-electron chi connectivity index (χ0n) is 12.5. The summed E-state index contributed by atoms with van der Waals surface area (Å²) in [5, 5.41) is 3.59. The molecule has 2 atom stereocenters. The minimum absolute atomic E-state index is 0.134. The molecule has 0 aromatic carbocycles. The van der Waals surface area contributed by atoms with Crippen LogP contribution in [0.15, 0.2) is 12.4 Å². The zero-order chi connectivity index (χ0) is 13.7. The number of nitrogens with one attached hydrogen (secondary N) is 1. The second-order valence-corrected chi connectivity index (χ2v) is 5.59. The Hall–Kier alpha value is -0.870. The Morgan fingerprint density at radius 3 is 2.95 bits per heavy atom. The van der Waals surface area contributed by atoms with Crippen LogP contribution >= 0.6 is 0 Å². The number of aromatic nitrogens is 2. The topological polar surface area (TPSA) is 39.1 Å². The number of rotatable bonds is 6. The Bertz CT molecular complexity index is 382. The number of likely N-dealkylation sites (N-methyl/N-ethyl adjacent to an activating group) is 1. The van der Waals surface area contributed by atoms with Gasteiger partial charge in [-0.05, 0) is 39.2 Å². The average molecular weight is 265 g/mol. The molecule has 0 saturated carbocycles. The summed E-state index contributed by atoms with van der Waals surface area (Å²) >= 11 is 0. The van der Waals surface area contributed by atoms with E-state index in [1.54, 1.807) is 0 Å². The summed E-state index contributed by atoms with van der Waals surface area (Å²) in [6.07, 6.45) is 8.63. The van der Waals surface area contributed by atoms with Gasteiger partial charge >= 0.3 is 0 Å². The lowest BCUT2D eigenvalue weighted by Gasteiger charge is -2.40. The van der Waals surface area contributed by atoms with Gasteiger partial charge in [0.25, 0.3) is 0 Å². The highest BCUT2D eigenvalue weighted by atomic mass is 16.5. The van der Waals surface area contributed by atoms with Gasteiger partial charge in [0.2, 0.25) is 0 Å². The average Bonchev–Trinajstić information content (AvgIpc) is 2.85. The van der Waals surface area contributed by atoms with Gasteiger partial charge in [0.05, 0.1) is 11.6 Å². The van der Waals surface area contributed by atoms with E-state index in [1.807, 2.05) is 6.20 Å². The van der Waals surface area contributed by atoms with Crippen LogP contribution in [0.25, 0.3) is 0 Å². The van der Waals surface area contributed by atoms with Crippen molar-refractivity contribution in [1.29, 1.82) is 0 Å². The van der Waals surface area contributed by atoms with Gasteiger partial charge in [0.15, 0.2) is 0 Å². The van der Waals surface area contributed by atoms with E-state index in [9.17, 15) is 0 Å². The summed E-state index contributed by atoms with van der Waals surface area (Å²) in [5.74, 6) is 1.12. The number of imidazole rings is 1. The SMILES string of the molecule is CCCn1ccnc1C(NCC)C1(C)CCCCO1. The van der Waals surface area contributed by atoms with E-state index in [1.165, 1.54) is 12.8 Å². The van der Waals surface area contributed by atoms with Crippen LogP contribution in [0, 0.1) is 0 Å². The Kier molecular flexibility index (Phi) is 4.99. The van der Waals surface area contributed by atoms with Crippen LogP contribution in [0.5, 0.6) is 0 Å². The standard InChI is InChI=1S/C15H27N3O/c1-4-10-18-11-9-17-14(18)13(16-5-2)15(3)8-6-7-12-19-15/h9,11,13,16H,4-8,10,12H2,1-3H3. The molecule has 1 aliphatic rings. The third-order valence-corrected chi connectivity index (χ3v) is 3.99. The third kappa shape index (κ3) is 3.18. The van der Waals surface area contributed by atoms with Crippen molar-refractivity contribution in [2.75, 3.05) is 13.2 Å². The van der Waals surface area contributed by atoms with E-state index in [0.717, 1.165) is 38.4 Å². The van der Waals surface area contributed by atoms with Crippen LogP contribution in [0.1, 0.15) is 58.3 Å². The van der Waals surface area contributed by atoms with Gasteiger partial charge in [-0.15, -0.1) is 0 Å². The maximum atomic E-state index is 6.12. The first kappa shape index (κ1) is 14.5.